The van der Waals surface area contributed by atoms with E-state index in [1.165, 1.54) is 0 Å². The molecule has 3 rings (SSSR count). The predicted octanol–water partition coefficient (Wildman–Crippen LogP) is 5.41. The molecule has 0 bridgehead atoms. The summed E-state index contributed by atoms with van der Waals surface area (Å²) in [6, 6.07) is 15.6. The zero-order valence-electron chi connectivity index (χ0n) is 15.6. The molecule has 0 aliphatic rings. The smallest absolute Gasteiger partial charge is 0.224 e. The van der Waals surface area contributed by atoms with Gasteiger partial charge in [0.25, 0.3) is 0 Å². The quantitative estimate of drug-likeness (QED) is 0.602. The molecular weight excluding hydrogens is 378 g/mol. The van der Waals surface area contributed by atoms with E-state index in [1.54, 1.807) is 11.8 Å². The van der Waals surface area contributed by atoms with E-state index in [1.807, 2.05) is 74.1 Å². The number of nitrogens with zero attached hydrogens (tertiary/aromatic N) is 2. The highest BCUT2D eigenvalue weighted by molar-refractivity contribution is 7.99. The van der Waals surface area contributed by atoms with E-state index in [-0.39, 0.29) is 5.91 Å². The molecule has 27 heavy (non-hydrogen) atoms. The van der Waals surface area contributed by atoms with Gasteiger partial charge in [0.05, 0.1) is 10.7 Å². The summed E-state index contributed by atoms with van der Waals surface area (Å²) in [5, 5.41) is 8.09. The van der Waals surface area contributed by atoms with Gasteiger partial charge in [-0.25, -0.2) is 0 Å². The van der Waals surface area contributed by atoms with E-state index in [4.69, 9.17) is 11.6 Å². The molecule has 6 heteroatoms. The first kappa shape index (κ1) is 19.5. The SMILES string of the molecule is Cc1nn(C)c(C)c1CCC(=O)Nc1ccc(Sc2ccccc2Cl)cc1. The second-order valence-corrected chi connectivity index (χ2v) is 7.90. The first-order chi connectivity index (χ1) is 12.9. The molecule has 0 saturated carbocycles. The van der Waals surface area contributed by atoms with E-state index in [0.717, 1.165) is 37.5 Å². The van der Waals surface area contributed by atoms with Gasteiger partial charge >= 0.3 is 0 Å². The van der Waals surface area contributed by atoms with Crippen molar-refractivity contribution in [3.63, 3.8) is 0 Å². The molecular formula is C21H22ClN3OS. The zero-order chi connectivity index (χ0) is 19.4. The number of rotatable bonds is 6. The normalized spacial score (nSPS) is 10.8. The van der Waals surface area contributed by atoms with E-state index < -0.39 is 0 Å². The molecule has 0 spiro atoms. The van der Waals surface area contributed by atoms with Crippen LogP contribution in [0.2, 0.25) is 5.02 Å². The fourth-order valence-corrected chi connectivity index (χ4v) is 3.99. The number of aryl methyl sites for hydroxylation is 2. The Morgan fingerprint density at radius 1 is 1.15 bits per heavy atom. The molecule has 1 N–H and O–H groups in total. The van der Waals surface area contributed by atoms with Gasteiger partial charge in [-0.3, -0.25) is 9.48 Å². The van der Waals surface area contributed by atoms with Gasteiger partial charge in [-0.1, -0.05) is 35.5 Å². The van der Waals surface area contributed by atoms with Crippen molar-refractivity contribution in [2.75, 3.05) is 5.32 Å². The van der Waals surface area contributed by atoms with Crippen molar-refractivity contribution in [3.05, 3.63) is 70.5 Å². The number of hydrogen-bond acceptors (Lipinski definition) is 3. The molecule has 4 nitrogen and oxygen atoms in total. The van der Waals surface area contributed by atoms with Crippen molar-refractivity contribution in [3.8, 4) is 0 Å². The van der Waals surface area contributed by atoms with Gasteiger partial charge in [0.15, 0.2) is 0 Å². The number of anilines is 1. The largest absolute Gasteiger partial charge is 0.326 e. The van der Waals surface area contributed by atoms with Crippen molar-refractivity contribution in [2.45, 2.75) is 36.5 Å². The van der Waals surface area contributed by atoms with Crippen LogP contribution in [0, 0.1) is 13.8 Å². The number of nitrogens with one attached hydrogen (secondary N) is 1. The predicted molar refractivity (Wildman–Crippen MR) is 112 cm³/mol. The highest BCUT2D eigenvalue weighted by atomic mass is 35.5. The van der Waals surface area contributed by atoms with Crippen molar-refractivity contribution in [2.24, 2.45) is 7.05 Å². The number of carbonyl (C=O) groups excluding carboxylic acids is 1. The summed E-state index contributed by atoms with van der Waals surface area (Å²) in [5.41, 5.74) is 4.05. The second kappa shape index (κ2) is 8.63. The van der Waals surface area contributed by atoms with Gasteiger partial charge in [0.2, 0.25) is 5.91 Å². The van der Waals surface area contributed by atoms with Crippen molar-refractivity contribution < 1.29 is 4.79 Å². The Kier molecular flexibility index (Phi) is 6.24. The maximum absolute atomic E-state index is 12.3. The summed E-state index contributed by atoms with van der Waals surface area (Å²) in [4.78, 5) is 14.4. The molecule has 140 valence electrons. The summed E-state index contributed by atoms with van der Waals surface area (Å²) >= 11 is 7.80. The van der Waals surface area contributed by atoms with Gasteiger partial charge in [-0.05, 0) is 62.2 Å². The van der Waals surface area contributed by atoms with Crippen LogP contribution in [-0.2, 0) is 18.3 Å². The summed E-state index contributed by atoms with van der Waals surface area (Å²) < 4.78 is 1.86. The molecule has 1 aromatic heterocycles. The summed E-state index contributed by atoms with van der Waals surface area (Å²) in [6.45, 7) is 4.01. The van der Waals surface area contributed by atoms with Crippen LogP contribution in [0.15, 0.2) is 58.3 Å². The highest BCUT2D eigenvalue weighted by Crippen LogP contribution is 2.33. The van der Waals surface area contributed by atoms with Gasteiger partial charge in [0, 0.05) is 34.6 Å². The highest BCUT2D eigenvalue weighted by Gasteiger charge is 2.11. The molecule has 1 amide bonds. The third-order valence-electron chi connectivity index (χ3n) is 4.46. The van der Waals surface area contributed by atoms with Crippen LogP contribution in [0.3, 0.4) is 0 Å². The second-order valence-electron chi connectivity index (χ2n) is 6.38. The maximum atomic E-state index is 12.3. The molecule has 0 aliphatic carbocycles. The van der Waals surface area contributed by atoms with Crippen LogP contribution >= 0.6 is 23.4 Å². The Morgan fingerprint density at radius 2 is 1.85 bits per heavy atom. The Morgan fingerprint density at radius 3 is 2.48 bits per heavy atom. The molecule has 0 radical (unpaired) electrons. The number of amides is 1. The first-order valence-corrected chi connectivity index (χ1v) is 9.95. The van der Waals surface area contributed by atoms with Crippen LogP contribution in [0.5, 0.6) is 0 Å². The van der Waals surface area contributed by atoms with Gasteiger partial charge in [0.1, 0.15) is 0 Å². The van der Waals surface area contributed by atoms with Crippen LogP contribution < -0.4 is 5.32 Å². The molecule has 2 aromatic carbocycles. The number of hydrogen-bond donors (Lipinski definition) is 1. The Labute approximate surface area is 168 Å². The number of halogens is 1. The third kappa shape index (κ3) is 4.93. The lowest BCUT2D eigenvalue weighted by atomic mass is 10.1. The van der Waals surface area contributed by atoms with Crippen LogP contribution in [0.25, 0.3) is 0 Å². The minimum absolute atomic E-state index is 0.00385. The van der Waals surface area contributed by atoms with Crippen LogP contribution in [0.4, 0.5) is 5.69 Å². The van der Waals surface area contributed by atoms with Crippen molar-refractivity contribution in [1.82, 2.24) is 9.78 Å². The standard InChI is InChI=1S/C21H22ClN3OS/c1-14-18(15(2)25(3)24-14)12-13-21(26)23-16-8-10-17(11-9-16)27-20-7-5-4-6-19(20)22/h4-11H,12-13H2,1-3H3,(H,23,26). The van der Waals surface area contributed by atoms with E-state index in [9.17, 15) is 4.79 Å². The summed E-state index contributed by atoms with van der Waals surface area (Å²) in [7, 11) is 1.92. The van der Waals surface area contributed by atoms with E-state index in [0.29, 0.717) is 12.8 Å². The lowest BCUT2D eigenvalue weighted by Crippen LogP contribution is -2.12. The first-order valence-electron chi connectivity index (χ1n) is 8.75. The Bertz CT molecular complexity index is 951. The average molecular weight is 400 g/mol. The topological polar surface area (TPSA) is 46.9 Å². The summed E-state index contributed by atoms with van der Waals surface area (Å²) in [5.74, 6) is 0.00385. The minimum atomic E-state index is 0.00385. The van der Waals surface area contributed by atoms with Gasteiger partial charge in [-0.2, -0.15) is 5.10 Å². The number of aromatic nitrogens is 2. The molecule has 3 aromatic rings. The fraction of sp³-hybridized carbons (Fsp3) is 0.238. The molecule has 0 fully saturated rings. The van der Waals surface area contributed by atoms with Crippen LogP contribution in [-0.4, -0.2) is 15.7 Å². The number of benzene rings is 2. The van der Waals surface area contributed by atoms with Gasteiger partial charge < -0.3 is 5.32 Å². The Balaban J connectivity index is 1.56. The van der Waals surface area contributed by atoms with Crippen LogP contribution in [0.1, 0.15) is 23.4 Å². The zero-order valence-corrected chi connectivity index (χ0v) is 17.2. The Hall–Kier alpha value is -2.24. The lowest BCUT2D eigenvalue weighted by molar-refractivity contribution is -0.116. The molecule has 1 heterocycles. The number of carbonyl (C=O) groups is 1. The fourth-order valence-electron chi connectivity index (χ4n) is 2.90. The van der Waals surface area contributed by atoms with Crippen molar-refractivity contribution >= 4 is 35.0 Å². The monoisotopic (exact) mass is 399 g/mol. The lowest BCUT2D eigenvalue weighted by Gasteiger charge is -2.08. The molecule has 0 unspecified atom stereocenters. The average Bonchev–Trinajstić information content (AvgIpc) is 2.89. The molecule has 0 aliphatic heterocycles. The maximum Gasteiger partial charge on any atom is 0.224 e. The van der Waals surface area contributed by atoms with E-state index in [2.05, 4.69) is 10.4 Å². The summed E-state index contributed by atoms with van der Waals surface area (Å²) in [6.07, 6.45) is 1.13. The van der Waals surface area contributed by atoms with E-state index >= 15 is 0 Å². The molecule has 0 saturated heterocycles. The third-order valence-corrected chi connectivity index (χ3v) is 5.99. The van der Waals surface area contributed by atoms with Crippen molar-refractivity contribution in [1.29, 1.82) is 0 Å². The van der Waals surface area contributed by atoms with Gasteiger partial charge in [-0.15, -0.1) is 0 Å². The molecule has 0 atom stereocenters. The minimum Gasteiger partial charge on any atom is -0.326 e.